The number of benzene rings is 2. The molecular weight excluding hydrogens is 420 g/mol. The number of nitrogens with zero attached hydrogens (tertiary/aromatic N) is 2. The highest BCUT2D eigenvalue weighted by Crippen LogP contribution is 2.39. The molecule has 1 aliphatic rings. The molecule has 1 N–H and O–H groups in total. The Morgan fingerprint density at radius 3 is 2.76 bits per heavy atom. The topological polar surface area (TPSA) is 106 Å². The van der Waals surface area contributed by atoms with E-state index < -0.39 is 10.9 Å². The minimum atomic E-state index is -0.954. The predicted molar refractivity (Wildman–Crippen MR) is 125 cm³/mol. The lowest BCUT2D eigenvalue weighted by Crippen LogP contribution is -2.17. The summed E-state index contributed by atoms with van der Waals surface area (Å²) < 4.78 is 5.98. The van der Waals surface area contributed by atoms with E-state index in [4.69, 9.17) is 9.40 Å². The van der Waals surface area contributed by atoms with Gasteiger partial charge < -0.3 is 9.52 Å². The van der Waals surface area contributed by atoms with E-state index in [0.29, 0.717) is 45.7 Å². The molecule has 5 rings (SSSR count). The first-order valence-electron chi connectivity index (χ1n) is 10.6. The largest absolute Gasteiger partial charge is 0.478 e. The average Bonchev–Trinajstić information content (AvgIpc) is 3.26. The first-order valence-corrected chi connectivity index (χ1v) is 10.6. The third-order valence-electron chi connectivity index (χ3n) is 5.92. The van der Waals surface area contributed by atoms with Gasteiger partial charge in [-0.3, -0.25) is 10.1 Å². The van der Waals surface area contributed by atoms with Crippen molar-refractivity contribution in [3.05, 3.63) is 93.4 Å². The zero-order chi connectivity index (χ0) is 23.1. The Hall–Kier alpha value is -4.26. The number of pyridine rings is 1. The average molecular weight is 440 g/mol. The maximum absolute atomic E-state index is 12.2. The Morgan fingerprint density at radius 1 is 1.15 bits per heavy atom. The summed E-state index contributed by atoms with van der Waals surface area (Å²) in [4.78, 5) is 27.6. The van der Waals surface area contributed by atoms with Crippen molar-refractivity contribution in [3.63, 3.8) is 0 Å². The fourth-order valence-corrected chi connectivity index (χ4v) is 4.51. The number of carbonyl (C=O) groups is 1. The quantitative estimate of drug-likeness (QED) is 0.298. The molecule has 0 amide bonds. The van der Waals surface area contributed by atoms with E-state index in [1.54, 1.807) is 30.3 Å². The monoisotopic (exact) mass is 440 g/mol. The van der Waals surface area contributed by atoms with E-state index in [1.165, 1.54) is 12.1 Å². The number of rotatable bonds is 4. The van der Waals surface area contributed by atoms with Crippen LogP contribution in [0.1, 0.15) is 40.7 Å². The third kappa shape index (κ3) is 3.78. The molecule has 164 valence electrons. The molecule has 2 aromatic heterocycles. The number of para-hydroxylation sites is 1. The van der Waals surface area contributed by atoms with Crippen molar-refractivity contribution < 1.29 is 19.2 Å². The normalized spacial score (nSPS) is 16.6. The lowest BCUT2D eigenvalue weighted by molar-refractivity contribution is -0.384. The maximum Gasteiger partial charge on any atom is 0.336 e. The van der Waals surface area contributed by atoms with Gasteiger partial charge in [-0.1, -0.05) is 37.3 Å². The number of aromatic nitrogens is 1. The molecule has 4 aromatic rings. The summed E-state index contributed by atoms with van der Waals surface area (Å²) in [7, 11) is 0. The minimum Gasteiger partial charge on any atom is -0.478 e. The number of furan rings is 1. The summed E-state index contributed by atoms with van der Waals surface area (Å²) in [6.45, 7) is 2.09. The molecule has 0 aliphatic heterocycles. The molecule has 2 heterocycles. The van der Waals surface area contributed by atoms with Crippen LogP contribution in [0.5, 0.6) is 0 Å². The minimum absolute atomic E-state index is 0.00360. The molecule has 0 fully saturated rings. The molecule has 1 aliphatic carbocycles. The predicted octanol–water partition coefficient (Wildman–Crippen LogP) is 6.22. The summed E-state index contributed by atoms with van der Waals surface area (Å²) in [5, 5.41) is 21.7. The van der Waals surface area contributed by atoms with Crippen LogP contribution in [0.4, 0.5) is 5.69 Å². The van der Waals surface area contributed by atoms with Gasteiger partial charge >= 0.3 is 5.97 Å². The first-order chi connectivity index (χ1) is 15.9. The smallest absolute Gasteiger partial charge is 0.336 e. The van der Waals surface area contributed by atoms with Crippen molar-refractivity contribution in [2.45, 2.75) is 19.8 Å². The van der Waals surface area contributed by atoms with Gasteiger partial charge in [0.15, 0.2) is 0 Å². The molecule has 1 atom stereocenters. The Labute approximate surface area is 189 Å². The van der Waals surface area contributed by atoms with Gasteiger partial charge in [0.05, 0.1) is 21.7 Å². The van der Waals surface area contributed by atoms with Crippen LogP contribution >= 0.6 is 0 Å². The van der Waals surface area contributed by atoms with Gasteiger partial charge in [-0.15, -0.1) is 0 Å². The van der Waals surface area contributed by atoms with E-state index >= 15 is 0 Å². The van der Waals surface area contributed by atoms with E-state index in [1.807, 2.05) is 24.3 Å². The van der Waals surface area contributed by atoms with E-state index in [-0.39, 0.29) is 11.6 Å². The summed E-state index contributed by atoms with van der Waals surface area (Å²) in [5.41, 5.74) is 3.92. The number of nitro benzene ring substituents is 1. The van der Waals surface area contributed by atoms with Gasteiger partial charge in [0.2, 0.25) is 0 Å². The molecule has 0 bridgehead atoms. The van der Waals surface area contributed by atoms with Crippen molar-refractivity contribution in [1.82, 2.24) is 4.98 Å². The van der Waals surface area contributed by atoms with Crippen LogP contribution in [0, 0.1) is 16.0 Å². The number of non-ortho nitro benzene ring substituents is 1. The van der Waals surface area contributed by atoms with Crippen molar-refractivity contribution in [3.8, 4) is 11.3 Å². The summed E-state index contributed by atoms with van der Waals surface area (Å²) in [6.07, 6.45) is 3.27. The Bertz CT molecular complexity index is 1450. The van der Waals surface area contributed by atoms with Gasteiger partial charge in [-0.2, -0.15) is 0 Å². The molecule has 7 nitrogen and oxygen atoms in total. The van der Waals surface area contributed by atoms with Crippen LogP contribution in [0.25, 0.3) is 33.9 Å². The summed E-state index contributed by atoms with van der Waals surface area (Å²) in [6, 6.07) is 17.2. The van der Waals surface area contributed by atoms with Gasteiger partial charge in [0.1, 0.15) is 11.5 Å². The number of fused-ring (bicyclic) bond motifs is 2. The Morgan fingerprint density at radius 2 is 1.97 bits per heavy atom. The standard InChI is InChI=1S/C26H20N2O5/c1-15-11-17(14-19-9-10-23(33-19)16-5-4-6-18(13-16)28(31)32)25-21(12-15)24(26(29)30)20-7-2-3-8-22(20)27-25/h2-10,13-15H,11-12H2,1H3,(H,29,30)/b17-14-. The van der Waals surface area contributed by atoms with Crippen LogP contribution in [0.15, 0.2) is 65.1 Å². The Kier molecular flexibility index (Phi) is 5.01. The Balaban J connectivity index is 1.61. The number of hydrogen-bond donors (Lipinski definition) is 1. The van der Waals surface area contributed by atoms with Crippen molar-refractivity contribution in [2.75, 3.05) is 0 Å². The number of aromatic carboxylic acids is 1. The van der Waals surface area contributed by atoms with Crippen molar-refractivity contribution >= 4 is 34.2 Å². The molecule has 7 heteroatoms. The second-order valence-corrected chi connectivity index (χ2v) is 8.33. The second-order valence-electron chi connectivity index (χ2n) is 8.33. The molecule has 0 saturated heterocycles. The third-order valence-corrected chi connectivity index (χ3v) is 5.92. The van der Waals surface area contributed by atoms with Crippen LogP contribution in [0.3, 0.4) is 0 Å². The number of carboxylic acid groups (broad SMARTS) is 1. The van der Waals surface area contributed by atoms with E-state index in [2.05, 4.69) is 6.92 Å². The highest BCUT2D eigenvalue weighted by atomic mass is 16.6. The molecule has 33 heavy (non-hydrogen) atoms. The number of hydrogen-bond acceptors (Lipinski definition) is 5. The zero-order valence-corrected chi connectivity index (χ0v) is 17.8. The molecule has 0 spiro atoms. The summed E-state index contributed by atoms with van der Waals surface area (Å²) >= 11 is 0. The zero-order valence-electron chi connectivity index (χ0n) is 17.8. The van der Waals surface area contributed by atoms with Crippen molar-refractivity contribution in [1.29, 1.82) is 0 Å². The molecule has 0 saturated carbocycles. The van der Waals surface area contributed by atoms with Crippen LogP contribution in [0.2, 0.25) is 0 Å². The molecule has 2 aromatic carbocycles. The van der Waals surface area contributed by atoms with E-state index in [0.717, 1.165) is 17.6 Å². The second kappa shape index (κ2) is 8.02. The fraction of sp³-hybridized carbons (Fsp3) is 0.154. The lowest BCUT2D eigenvalue weighted by atomic mass is 9.81. The SMILES string of the molecule is CC1C/C(=C/c2ccc(-c3cccc([N+](=O)[O-])c3)o2)c2nc3ccccc3c(C(=O)O)c2C1. The maximum atomic E-state index is 12.2. The molecular formula is C26H20N2O5. The number of allylic oxidation sites excluding steroid dienone is 1. The van der Waals surface area contributed by atoms with Crippen LogP contribution in [-0.2, 0) is 6.42 Å². The molecule has 1 unspecified atom stereocenters. The van der Waals surface area contributed by atoms with Gasteiger partial charge in [-0.05, 0) is 54.2 Å². The van der Waals surface area contributed by atoms with Gasteiger partial charge in [-0.25, -0.2) is 9.78 Å². The highest BCUT2D eigenvalue weighted by Gasteiger charge is 2.28. The highest BCUT2D eigenvalue weighted by molar-refractivity contribution is 6.05. The number of nitro groups is 1. The van der Waals surface area contributed by atoms with Crippen LogP contribution < -0.4 is 0 Å². The first kappa shape index (κ1) is 20.6. The molecule has 0 radical (unpaired) electrons. The van der Waals surface area contributed by atoms with Crippen molar-refractivity contribution in [2.24, 2.45) is 5.92 Å². The van der Waals surface area contributed by atoms with E-state index in [9.17, 15) is 20.0 Å². The van der Waals surface area contributed by atoms with Gasteiger partial charge in [0.25, 0.3) is 5.69 Å². The number of carboxylic acids is 1. The lowest BCUT2D eigenvalue weighted by Gasteiger charge is -2.25. The fourth-order valence-electron chi connectivity index (χ4n) is 4.51. The van der Waals surface area contributed by atoms with Crippen LogP contribution in [-0.4, -0.2) is 21.0 Å². The summed E-state index contributed by atoms with van der Waals surface area (Å²) in [5.74, 6) is 0.394. The van der Waals surface area contributed by atoms with Gasteiger partial charge in [0, 0.05) is 23.1 Å².